The molecule has 0 saturated heterocycles. The highest BCUT2D eigenvalue weighted by Gasteiger charge is 2.61. The lowest BCUT2D eigenvalue weighted by molar-refractivity contribution is -0.148. The van der Waals surface area contributed by atoms with E-state index in [2.05, 4.69) is 0 Å². The Balaban J connectivity index is 5.65. The van der Waals surface area contributed by atoms with Gasteiger partial charge in [-0.15, -0.1) is 0 Å². The lowest BCUT2D eigenvalue weighted by Gasteiger charge is -2.26. The van der Waals surface area contributed by atoms with Crippen molar-refractivity contribution in [1.82, 2.24) is 0 Å². The second-order valence-corrected chi connectivity index (χ2v) is 6.26. The molecule has 1 N–H and O–H groups in total. The number of esters is 1. The number of hydrogen-bond acceptors (Lipinski definition) is 3. The molecule has 0 bridgehead atoms. The molecule has 0 aromatic heterocycles. The first kappa shape index (κ1) is 18.3. The highest BCUT2D eigenvalue weighted by Crippen LogP contribution is 2.48. The van der Waals surface area contributed by atoms with Crippen molar-refractivity contribution in [3.8, 4) is 0 Å². The first-order chi connectivity index (χ1) is 8.86. The summed E-state index contributed by atoms with van der Waals surface area (Å²) in [5.74, 6) is -0.708. The lowest BCUT2D eigenvalue weighted by Crippen LogP contribution is -2.43. The Kier molecular flexibility index (Phi) is 8.12. The third-order valence-corrected chi connectivity index (χ3v) is 4.87. The number of allylic oxidation sites excluding steroid dienone is 2. The summed E-state index contributed by atoms with van der Waals surface area (Å²) < 4.78 is 17.0. The molecule has 0 rings (SSSR count). The van der Waals surface area contributed by atoms with Crippen LogP contribution >= 0.6 is 8.03 Å². The maximum absolute atomic E-state index is 12.3. The van der Waals surface area contributed by atoms with Crippen molar-refractivity contribution in [1.29, 1.82) is 0 Å². The average Bonchev–Trinajstić information content (AvgIpc) is 2.34. The number of hydrogen-bond donors (Lipinski definition) is 1. The fraction of sp³-hybridized carbons (Fsp3) is 0.786. The van der Waals surface area contributed by atoms with Crippen molar-refractivity contribution in [2.45, 2.75) is 59.0 Å². The Morgan fingerprint density at radius 3 is 2.16 bits per heavy atom. The molecule has 4 nitrogen and oxygen atoms in total. The van der Waals surface area contributed by atoms with Crippen molar-refractivity contribution in [2.24, 2.45) is 5.92 Å². The van der Waals surface area contributed by atoms with Crippen molar-refractivity contribution in [3.63, 3.8) is 0 Å². The molecule has 0 radical (unpaired) electrons. The van der Waals surface area contributed by atoms with Crippen LogP contribution in [0.3, 0.4) is 0 Å². The van der Waals surface area contributed by atoms with Gasteiger partial charge in [-0.3, -0.25) is 0 Å². The van der Waals surface area contributed by atoms with Crippen LogP contribution in [0.2, 0.25) is 0 Å². The van der Waals surface area contributed by atoms with Gasteiger partial charge in [-0.25, -0.2) is 4.79 Å². The van der Waals surface area contributed by atoms with Crippen LogP contribution in [0.4, 0.5) is 0 Å². The van der Waals surface area contributed by atoms with Gasteiger partial charge in [-0.2, -0.15) is 4.89 Å². The van der Waals surface area contributed by atoms with Gasteiger partial charge in [0.05, 0.1) is 6.61 Å². The maximum Gasteiger partial charge on any atom is 0.524 e. The van der Waals surface area contributed by atoms with Gasteiger partial charge in [0, 0.05) is 12.3 Å². The third kappa shape index (κ3) is 4.39. The summed E-state index contributed by atoms with van der Waals surface area (Å²) in [5, 5.41) is -1.31. The molecule has 0 heterocycles. The predicted octanol–water partition coefficient (Wildman–Crippen LogP) is 3.82. The standard InChI is InChI=1S/C14H25O4P/c1-6-12(7-2)14(19(16)17,10-9-11(4)5)13(15)18-8-3/h9,12H,6-8,10H2,1-5H3/p+1. The molecular weight excluding hydrogens is 263 g/mol. The number of carbonyl (C=O) groups is 1. The Hall–Kier alpha value is -0.730. The Morgan fingerprint density at radius 2 is 1.84 bits per heavy atom. The van der Waals surface area contributed by atoms with Gasteiger partial charge in [0.25, 0.3) is 5.16 Å². The minimum absolute atomic E-state index is 0.157. The quantitative estimate of drug-likeness (QED) is 0.419. The molecule has 2 unspecified atom stereocenters. The average molecular weight is 289 g/mol. The van der Waals surface area contributed by atoms with Crippen LogP contribution in [0, 0.1) is 5.92 Å². The second kappa shape index (κ2) is 8.44. The van der Waals surface area contributed by atoms with Crippen LogP contribution in [0.5, 0.6) is 0 Å². The first-order valence-electron chi connectivity index (χ1n) is 6.83. The second-order valence-electron chi connectivity index (χ2n) is 4.92. The largest absolute Gasteiger partial charge is 0.524 e. The van der Waals surface area contributed by atoms with E-state index in [1.54, 1.807) is 6.92 Å². The van der Waals surface area contributed by atoms with Gasteiger partial charge < -0.3 is 4.74 Å². The zero-order valence-electron chi connectivity index (χ0n) is 12.6. The SMILES string of the molecule is CCOC(=O)C(CC=C(C)C)(C(CC)CC)[P+](=O)O. The van der Waals surface area contributed by atoms with Crippen LogP contribution < -0.4 is 0 Å². The van der Waals surface area contributed by atoms with Gasteiger partial charge in [0.2, 0.25) is 0 Å². The van der Waals surface area contributed by atoms with Gasteiger partial charge in [-0.1, -0.05) is 25.5 Å². The normalized spacial score (nSPS) is 14.8. The molecule has 0 fully saturated rings. The summed E-state index contributed by atoms with van der Waals surface area (Å²) in [5.41, 5.74) is 1.02. The summed E-state index contributed by atoms with van der Waals surface area (Å²) in [4.78, 5) is 22.1. The minimum atomic E-state index is -2.65. The minimum Gasteiger partial charge on any atom is -0.462 e. The molecule has 0 amide bonds. The van der Waals surface area contributed by atoms with E-state index in [1.807, 2.05) is 33.8 Å². The highest BCUT2D eigenvalue weighted by molar-refractivity contribution is 7.41. The first-order valence-corrected chi connectivity index (χ1v) is 8.04. The highest BCUT2D eigenvalue weighted by atomic mass is 31.1. The predicted molar refractivity (Wildman–Crippen MR) is 77.3 cm³/mol. The van der Waals surface area contributed by atoms with Gasteiger partial charge >= 0.3 is 14.0 Å². The van der Waals surface area contributed by atoms with Crippen molar-refractivity contribution in [3.05, 3.63) is 11.6 Å². The molecule has 0 spiro atoms. The molecule has 0 saturated carbocycles. The van der Waals surface area contributed by atoms with E-state index in [4.69, 9.17) is 4.74 Å². The van der Waals surface area contributed by atoms with E-state index >= 15 is 0 Å². The van der Waals surface area contributed by atoms with Crippen LogP contribution in [-0.2, 0) is 14.1 Å². The van der Waals surface area contributed by atoms with E-state index in [9.17, 15) is 14.3 Å². The fourth-order valence-corrected chi connectivity index (χ4v) is 3.45. The van der Waals surface area contributed by atoms with E-state index in [0.29, 0.717) is 12.8 Å². The third-order valence-electron chi connectivity index (χ3n) is 3.45. The molecule has 0 aliphatic rings. The topological polar surface area (TPSA) is 63.6 Å². The van der Waals surface area contributed by atoms with E-state index < -0.39 is 19.2 Å². The van der Waals surface area contributed by atoms with Gasteiger partial charge in [0.1, 0.15) is 0 Å². The molecule has 5 heteroatoms. The number of rotatable bonds is 8. The monoisotopic (exact) mass is 289 g/mol. The molecule has 0 aromatic carbocycles. The molecule has 0 aromatic rings. The molecule has 0 aliphatic carbocycles. The Bertz CT molecular complexity index is 343. The molecular formula is C14H26O4P+. The van der Waals surface area contributed by atoms with E-state index in [-0.39, 0.29) is 18.9 Å². The van der Waals surface area contributed by atoms with E-state index in [1.165, 1.54) is 0 Å². The number of ether oxygens (including phenoxy) is 1. The van der Waals surface area contributed by atoms with Crippen LogP contribution in [-0.4, -0.2) is 22.6 Å². The molecule has 0 aliphatic heterocycles. The van der Waals surface area contributed by atoms with Gasteiger partial charge in [-0.05, 0) is 38.2 Å². The van der Waals surface area contributed by atoms with Crippen molar-refractivity contribution < 1.29 is 19.0 Å². The lowest BCUT2D eigenvalue weighted by atomic mass is 9.84. The van der Waals surface area contributed by atoms with Gasteiger partial charge in [0.15, 0.2) is 0 Å². The fourth-order valence-electron chi connectivity index (χ4n) is 2.31. The van der Waals surface area contributed by atoms with Crippen molar-refractivity contribution >= 4 is 14.0 Å². The van der Waals surface area contributed by atoms with E-state index in [0.717, 1.165) is 5.57 Å². The smallest absolute Gasteiger partial charge is 0.462 e. The summed E-state index contributed by atoms with van der Waals surface area (Å²) in [6.07, 6.45) is 3.45. The number of carbonyl (C=O) groups excluding carboxylic acids is 1. The summed E-state index contributed by atoms with van der Waals surface area (Å²) in [7, 11) is -2.65. The molecule has 2 atom stereocenters. The maximum atomic E-state index is 12.3. The van der Waals surface area contributed by atoms with Crippen molar-refractivity contribution in [2.75, 3.05) is 6.61 Å². The van der Waals surface area contributed by atoms with Crippen LogP contribution in [0.25, 0.3) is 0 Å². The summed E-state index contributed by atoms with van der Waals surface area (Å²) in [6.45, 7) is 9.62. The summed E-state index contributed by atoms with van der Waals surface area (Å²) >= 11 is 0. The Labute approximate surface area is 117 Å². The van der Waals surface area contributed by atoms with Crippen LogP contribution in [0.1, 0.15) is 53.9 Å². The zero-order valence-corrected chi connectivity index (χ0v) is 13.5. The van der Waals surface area contributed by atoms with Crippen LogP contribution in [0.15, 0.2) is 11.6 Å². The Morgan fingerprint density at radius 1 is 1.32 bits per heavy atom. The molecule has 110 valence electrons. The summed E-state index contributed by atoms with van der Waals surface area (Å²) in [6, 6.07) is 0. The zero-order chi connectivity index (χ0) is 15.1. The molecule has 19 heavy (non-hydrogen) atoms.